The number of hydrogen-bond donors (Lipinski definition) is 0. The van der Waals surface area contributed by atoms with Crippen molar-refractivity contribution in [1.29, 1.82) is 0 Å². The summed E-state index contributed by atoms with van der Waals surface area (Å²) in [6.07, 6.45) is 1.49. The Balaban J connectivity index is 1.77. The summed E-state index contributed by atoms with van der Waals surface area (Å²) in [5.41, 5.74) is 1.20. The number of rotatable bonds is 5. The van der Waals surface area contributed by atoms with E-state index in [1.54, 1.807) is 36.6 Å². The minimum absolute atomic E-state index is 0.149. The van der Waals surface area contributed by atoms with Crippen LogP contribution in [0.15, 0.2) is 50.4 Å². The number of benzene rings is 1. The van der Waals surface area contributed by atoms with Crippen LogP contribution < -0.4 is 5.56 Å². The molecule has 0 aliphatic rings. The Morgan fingerprint density at radius 3 is 2.81 bits per heavy atom. The third kappa shape index (κ3) is 3.03. The van der Waals surface area contributed by atoms with Crippen LogP contribution in [0.5, 0.6) is 0 Å². The van der Waals surface area contributed by atoms with Crippen LogP contribution in [0.4, 0.5) is 4.39 Å². The summed E-state index contributed by atoms with van der Waals surface area (Å²) in [7, 11) is 1.55. The van der Waals surface area contributed by atoms with Crippen molar-refractivity contribution in [3.8, 4) is 23.2 Å². The number of hydrogen-bond acceptors (Lipinski definition) is 7. The molecule has 0 aliphatic heterocycles. The normalized spacial score (nSPS) is 12.8. The zero-order chi connectivity index (χ0) is 21.7. The van der Waals surface area contributed by atoms with Crippen molar-refractivity contribution in [3.63, 3.8) is 0 Å². The maximum Gasteiger partial charge on any atom is 0.293 e. The van der Waals surface area contributed by atoms with Gasteiger partial charge < -0.3 is 13.7 Å². The van der Waals surface area contributed by atoms with Crippen molar-refractivity contribution in [2.24, 2.45) is 0 Å². The topological polar surface area (TPSA) is 101 Å². The molecule has 4 aromatic heterocycles. The van der Waals surface area contributed by atoms with Gasteiger partial charge in [0, 0.05) is 7.11 Å². The van der Waals surface area contributed by atoms with Gasteiger partial charge in [-0.1, -0.05) is 5.16 Å². The van der Waals surface area contributed by atoms with Gasteiger partial charge in [0.15, 0.2) is 5.76 Å². The van der Waals surface area contributed by atoms with Gasteiger partial charge in [0.1, 0.15) is 29.1 Å². The Labute approximate surface area is 174 Å². The van der Waals surface area contributed by atoms with Gasteiger partial charge in [-0.15, -0.1) is 0 Å². The molecule has 4 heterocycles. The molecule has 5 rings (SSSR count). The fraction of sp³-hybridized carbons (Fsp3) is 0.238. The summed E-state index contributed by atoms with van der Waals surface area (Å²) < 4.78 is 33.2. The number of furan rings is 1. The summed E-state index contributed by atoms with van der Waals surface area (Å²) >= 11 is 0. The molecule has 0 saturated carbocycles. The van der Waals surface area contributed by atoms with Gasteiger partial charge in [-0.25, -0.2) is 9.37 Å². The fourth-order valence-corrected chi connectivity index (χ4v) is 3.74. The summed E-state index contributed by atoms with van der Waals surface area (Å²) in [6.45, 7) is 3.91. The van der Waals surface area contributed by atoms with E-state index in [9.17, 15) is 9.18 Å². The molecule has 0 aliphatic carbocycles. The molecule has 31 heavy (non-hydrogen) atoms. The molecule has 0 fully saturated rings. The van der Waals surface area contributed by atoms with E-state index in [1.807, 2.05) is 6.92 Å². The second-order valence-corrected chi connectivity index (χ2v) is 7.26. The van der Waals surface area contributed by atoms with Crippen LogP contribution in [-0.2, 0) is 4.74 Å². The Bertz CT molecular complexity index is 1480. The summed E-state index contributed by atoms with van der Waals surface area (Å²) in [6, 6.07) is 7.43. The average Bonchev–Trinajstić information content (AvgIpc) is 3.47. The molecule has 0 N–H and O–H groups in total. The number of aromatic nitrogens is 5. The number of ether oxygens (including phenoxy) is 1. The Hall–Kier alpha value is -3.79. The molecular weight excluding hydrogens is 405 g/mol. The number of aryl methyl sites for hydroxylation is 1. The van der Waals surface area contributed by atoms with E-state index in [0.717, 1.165) is 0 Å². The van der Waals surface area contributed by atoms with E-state index < -0.39 is 5.82 Å². The van der Waals surface area contributed by atoms with Gasteiger partial charge in [-0.2, -0.15) is 4.98 Å². The largest absolute Gasteiger partial charge is 0.456 e. The average molecular weight is 423 g/mol. The third-order valence-corrected chi connectivity index (χ3v) is 5.08. The van der Waals surface area contributed by atoms with Crippen molar-refractivity contribution in [3.05, 3.63) is 58.6 Å². The standard InChI is InChI=1S/C21H18FN5O4/c1-11(9-29-3)27-15-8-13(22)5-6-14(15)26-10-23-17(18(26)21(27)28)19-24-20(31-25-19)16-7-4-12(2)30-16/h4-8,10-11H,9H2,1-3H3. The summed E-state index contributed by atoms with van der Waals surface area (Å²) in [5, 5.41) is 3.99. The lowest BCUT2D eigenvalue weighted by Gasteiger charge is -2.18. The van der Waals surface area contributed by atoms with Crippen LogP contribution in [0.2, 0.25) is 0 Å². The highest BCUT2D eigenvalue weighted by Gasteiger charge is 2.23. The second kappa shape index (κ2) is 7.17. The zero-order valence-electron chi connectivity index (χ0n) is 17.0. The van der Waals surface area contributed by atoms with Gasteiger partial charge in [0.25, 0.3) is 11.4 Å². The highest BCUT2D eigenvalue weighted by molar-refractivity contribution is 5.84. The second-order valence-electron chi connectivity index (χ2n) is 7.26. The lowest BCUT2D eigenvalue weighted by molar-refractivity contribution is 0.162. The molecule has 9 nitrogen and oxygen atoms in total. The van der Waals surface area contributed by atoms with Crippen LogP contribution in [0.3, 0.4) is 0 Å². The maximum atomic E-state index is 14.0. The first-order valence-corrected chi connectivity index (χ1v) is 9.58. The molecule has 0 saturated heterocycles. The van der Waals surface area contributed by atoms with Crippen molar-refractivity contribution in [2.75, 3.05) is 13.7 Å². The Kier molecular flexibility index (Phi) is 4.44. The van der Waals surface area contributed by atoms with Crippen molar-refractivity contribution < 1.29 is 18.1 Å². The van der Waals surface area contributed by atoms with Crippen molar-refractivity contribution in [2.45, 2.75) is 19.9 Å². The lowest BCUT2D eigenvalue weighted by Crippen LogP contribution is -2.28. The Morgan fingerprint density at radius 2 is 2.06 bits per heavy atom. The first-order valence-electron chi connectivity index (χ1n) is 9.58. The number of halogens is 1. The summed E-state index contributed by atoms with van der Waals surface area (Å²) in [5.74, 6) is 1.01. The Morgan fingerprint density at radius 1 is 1.23 bits per heavy atom. The zero-order valence-corrected chi connectivity index (χ0v) is 17.0. The van der Waals surface area contributed by atoms with E-state index >= 15 is 0 Å². The van der Waals surface area contributed by atoms with E-state index in [4.69, 9.17) is 13.7 Å². The molecule has 10 heteroatoms. The summed E-state index contributed by atoms with van der Waals surface area (Å²) in [4.78, 5) is 22.2. The molecule has 158 valence electrons. The van der Waals surface area contributed by atoms with Gasteiger partial charge in [-0.3, -0.25) is 13.8 Å². The number of fused-ring (bicyclic) bond motifs is 3. The van der Waals surface area contributed by atoms with Crippen LogP contribution in [0.1, 0.15) is 18.7 Å². The van der Waals surface area contributed by atoms with Gasteiger partial charge >= 0.3 is 0 Å². The van der Waals surface area contributed by atoms with Crippen molar-refractivity contribution in [1.82, 2.24) is 24.1 Å². The van der Waals surface area contributed by atoms with E-state index in [1.165, 1.54) is 23.0 Å². The molecular formula is C21H18FN5O4. The highest BCUT2D eigenvalue weighted by atomic mass is 19.1. The quantitative estimate of drug-likeness (QED) is 0.426. The smallest absolute Gasteiger partial charge is 0.293 e. The fourth-order valence-electron chi connectivity index (χ4n) is 3.74. The molecule has 0 amide bonds. The van der Waals surface area contributed by atoms with E-state index in [-0.39, 0.29) is 41.1 Å². The van der Waals surface area contributed by atoms with Gasteiger partial charge in [0.05, 0.1) is 23.7 Å². The van der Waals surface area contributed by atoms with Crippen molar-refractivity contribution >= 4 is 16.6 Å². The predicted octanol–water partition coefficient (Wildman–Crippen LogP) is 3.61. The van der Waals surface area contributed by atoms with Gasteiger partial charge in [0.2, 0.25) is 5.82 Å². The lowest BCUT2D eigenvalue weighted by atomic mass is 10.2. The first kappa shape index (κ1) is 19.2. The third-order valence-electron chi connectivity index (χ3n) is 5.08. The maximum absolute atomic E-state index is 14.0. The predicted molar refractivity (Wildman–Crippen MR) is 109 cm³/mol. The minimum atomic E-state index is -0.443. The number of nitrogens with zero attached hydrogens (tertiary/aromatic N) is 5. The molecule has 1 aromatic carbocycles. The first-order chi connectivity index (χ1) is 15.0. The van der Waals surface area contributed by atoms with Gasteiger partial charge in [-0.05, 0) is 44.2 Å². The minimum Gasteiger partial charge on any atom is -0.456 e. The molecule has 0 spiro atoms. The van der Waals surface area contributed by atoms with E-state index in [0.29, 0.717) is 22.6 Å². The molecule has 0 bridgehead atoms. The van der Waals surface area contributed by atoms with Crippen LogP contribution in [0, 0.1) is 12.7 Å². The monoisotopic (exact) mass is 423 g/mol. The van der Waals surface area contributed by atoms with E-state index in [2.05, 4.69) is 15.1 Å². The van der Waals surface area contributed by atoms with Crippen LogP contribution >= 0.6 is 0 Å². The number of imidazole rings is 1. The van der Waals surface area contributed by atoms with Crippen LogP contribution in [0.25, 0.3) is 39.7 Å². The molecule has 1 atom stereocenters. The van der Waals surface area contributed by atoms with Crippen LogP contribution in [-0.4, -0.2) is 37.8 Å². The number of methoxy groups -OCH3 is 1. The SMILES string of the molecule is COCC(C)n1c(=O)c2c(-c3noc(-c4ccc(C)o4)n3)ncn2c2ccc(F)cc21. The molecule has 5 aromatic rings. The highest BCUT2D eigenvalue weighted by Crippen LogP contribution is 2.27. The molecule has 0 radical (unpaired) electrons. The molecule has 1 unspecified atom stereocenters.